The van der Waals surface area contributed by atoms with Crippen LogP contribution < -0.4 is 4.72 Å². The van der Waals surface area contributed by atoms with E-state index in [-0.39, 0.29) is 11.4 Å². The molecule has 6 heteroatoms. The summed E-state index contributed by atoms with van der Waals surface area (Å²) in [6, 6.07) is 6.97. The van der Waals surface area contributed by atoms with E-state index in [9.17, 15) is 8.42 Å². The van der Waals surface area contributed by atoms with Crippen molar-refractivity contribution in [2.75, 3.05) is 0 Å². The predicted molar refractivity (Wildman–Crippen MR) is 73.1 cm³/mol. The van der Waals surface area contributed by atoms with Crippen molar-refractivity contribution in [3.05, 3.63) is 48.0 Å². The van der Waals surface area contributed by atoms with Crippen LogP contribution in [0.25, 0.3) is 0 Å². The fraction of sp³-hybridized carbons (Fsp3) is 0.308. The summed E-state index contributed by atoms with van der Waals surface area (Å²) >= 11 is 0. The Bertz CT molecular complexity index is 604. The van der Waals surface area contributed by atoms with Crippen LogP contribution in [0.4, 0.5) is 0 Å². The van der Waals surface area contributed by atoms with Gasteiger partial charge in [0, 0.05) is 12.4 Å². The zero-order chi connectivity index (χ0) is 13.7. The molecule has 0 bridgehead atoms. The molecular formula is C13H17N3O2S. The number of hydrogen-bond donors (Lipinski definition) is 2. The number of rotatable bonds is 6. The van der Waals surface area contributed by atoms with E-state index in [1.165, 1.54) is 0 Å². The first kappa shape index (κ1) is 13.8. The van der Waals surface area contributed by atoms with Gasteiger partial charge >= 0.3 is 0 Å². The highest BCUT2D eigenvalue weighted by Crippen LogP contribution is 2.12. The van der Waals surface area contributed by atoms with Gasteiger partial charge in [-0.3, -0.25) is 0 Å². The molecule has 2 aromatic rings. The van der Waals surface area contributed by atoms with Crippen molar-refractivity contribution in [1.82, 2.24) is 14.7 Å². The van der Waals surface area contributed by atoms with Gasteiger partial charge in [-0.1, -0.05) is 25.5 Å². The van der Waals surface area contributed by atoms with Crippen LogP contribution in [-0.2, 0) is 23.0 Å². The molecule has 0 radical (unpaired) electrons. The van der Waals surface area contributed by atoms with Crippen LogP contribution >= 0.6 is 0 Å². The van der Waals surface area contributed by atoms with Crippen molar-refractivity contribution in [3.63, 3.8) is 0 Å². The van der Waals surface area contributed by atoms with Crippen LogP contribution in [0.5, 0.6) is 0 Å². The average molecular weight is 279 g/mol. The summed E-state index contributed by atoms with van der Waals surface area (Å²) in [5.74, 6) is 0.589. The third kappa shape index (κ3) is 3.65. The lowest BCUT2D eigenvalue weighted by atomic mass is 10.1. The molecule has 0 unspecified atom stereocenters. The molecule has 0 amide bonds. The third-order valence-corrected chi connectivity index (χ3v) is 4.17. The van der Waals surface area contributed by atoms with E-state index < -0.39 is 10.0 Å². The summed E-state index contributed by atoms with van der Waals surface area (Å²) in [4.78, 5) is 7.09. The second-order valence-corrected chi connectivity index (χ2v) is 6.02. The number of imidazole rings is 1. The van der Waals surface area contributed by atoms with E-state index in [1.807, 2.05) is 12.1 Å². The summed E-state index contributed by atoms with van der Waals surface area (Å²) in [5.41, 5.74) is 1.15. The Morgan fingerprint density at radius 3 is 2.58 bits per heavy atom. The molecule has 1 heterocycles. The Morgan fingerprint density at radius 2 is 2.00 bits per heavy atom. The lowest BCUT2D eigenvalue weighted by molar-refractivity contribution is 0.579. The Hall–Kier alpha value is -1.66. The maximum absolute atomic E-state index is 12.0. The molecule has 0 spiro atoms. The molecule has 102 valence electrons. The quantitative estimate of drug-likeness (QED) is 0.847. The van der Waals surface area contributed by atoms with E-state index in [2.05, 4.69) is 21.6 Å². The molecule has 5 nitrogen and oxygen atoms in total. The molecule has 0 fully saturated rings. The molecular weight excluding hydrogens is 262 g/mol. The van der Waals surface area contributed by atoms with Gasteiger partial charge in [0.05, 0.1) is 11.4 Å². The van der Waals surface area contributed by atoms with Gasteiger partial charge in [0.25, 0.3) is 0 Å². The van der Waals surface area contributed by atoms with Crippen LogP contribution in [0.3, 0.4) is 0 Å². The fourth-order valence-corrected chi connectivity index (χ4v) is 2.75. The lowest BCUT2D eigenvalue weighted by Gasteiger charge is -2.06. The van der Waals surface area contributed by atoms with E-state index in [0.29, 0.717) is 5.82 Å². The third-order valence-electron chi connectivity index (χ3n) is 2.76. The lowest BCUT2D eigenvalue weighted by Crippen LogP contribution is -2.23. The molecule has 0 aliphatic rings. The van der Waals surface area contributed by atoms with Crippen molar-refractivity contribution < 1.29 is 8.42 Å². The van der Waals surface area contributed by atoms with Crippen molar-refractivity contribution in [3.8, 4) is 0 Å². The summed E-state index contributed by atoms with van der Waals surface area (Å²) in [7, 11) is -3.48. The number of nitrogens with one attached hydrogen (secondary N) is 2. The zero-order valence-corrected chi connectivity index (χ0v) is 11.6. The monoisotopic (exact) mass is 279 g/mol. The maximum Gasteiger partial charge on any atom is 0.240 e. The normalized spacial score (nSPS) is 11.6. The standard InChI is InChI=1S/C13H17N3O2S/c1-2-3-11-4-6-12(7-5-11)19(17,18)16-10-13-14-8-9-15-13/h4-9,16H,2-3,10H2,1H3,(H,14,15). The fourth-order valence-electron chi connectivity index (χ4n) is 1.77. The van der Waals surface area contributed by atoms with Gasteiger partial charge in [0.15, 0.2) is 0 Å². The highest BCUT2D eigenvalue weighted by molar-refractivity contribution is 7.89. The first-order chi connectivity index (χ1) is 9.12. The van der Waals surface area contributed by atoms with E-state index in [0.717, 1.165) is 18.4 Å². The molecule has 2 rings (SSSR count). The van der Waals surface area contributed by atoms with Crippen molar-refractivity contribution >= 4 is 10.0 Å². The van der Waals surface area contributed by atoms with Gasteiger partial charge in [-0.05, 0) is 24.1 Å². The highest BCUT2D eigenvalue weighted by atomic mass is 32.2. The number of sulfonamides is 1. The first-order valence-electron chi connectivity index (χ1n) is 6.18. The minimum Gasteiger partial charge on any atom is -0.347 e. The Labute approximate surface area is 113 Å². The second-order valence-electron chi connectivity index (χ2n) is 4.25. The van der Waals surface area contributed by atoms with Gasteiger partial charge in [0.2, 0.25) is 10.0 Å². The van der Waals surface area contributed by atoms with Crippen molar-refractivity contribution in [1.29, 1.82) is 0 Å². The number of aryl methyl sites for hydroxylation is 1. The summed E-state index contributed by atoms with van der Waals surface area (Å²) in [6.07, 6.45) is 5.25. The van der Waals surface area contributed by atoms with Gasteiger partial charge in [0.1, 0.15) is 5.82 Å². The van der Waals surface area contributed by atoms with Crippen LogP contribution in [0.1, 0.15) is 24.7 Å². The SMILES string of the molecule is CCCc1ccc(S(=O)(=O)NCc2ncc[nH]2)cc1. The molecule has 0 atom stereocenters. The van der Waals surface area contributed by atoms with E-state index in [4.69, 9.17) is 0 Å². The molecule has 1 aromatic carbocycles. The molecule has 0 saturated carbocycles. The molecule has 0 aliphatic carbocycles. The van der Waals surface area contributed by atoms with E-state index in [1.54, 1.807) is 24.5 Å². The minimum atomic E-state index is -3.48. The Kier molecular flexibility index (Phi) is 4.34. The Morgan fingerprint density at radius 1 is 1.26 bits per heavy atom. The Balaban J connectivity index is 2.06. The van der Waals surface area contributed by atoms with Crippen LogP contribution in [0, 0.1) is 0 Å². The number of H-pyrrole nitrogens is 1. The van der Waals surface area contributed by atoms with Crippen LogP contribution in [-0.4, -0.2) is 18.4 Å². The summed E-state index contributed by atoms with van der Waals surface area (Å²) in [6.45, 7) is 2.25. The smallest absolute Gasteiger partial charge is 0.240 e. The van der Waals surface area contributed by atoms with Gasteiger partial charge < -0.3 is 4.98 Å². The minimum absolute atomic E-state index is 0.159. The molecule has 0 aliphatic heterocycles. The van der Waals surface area contributed by atoms with E-state index >= 15 is 0 Å². The van der Waals surface area contributed by atoms with Crippen LogP contribution in [0.15, 0.2) is 41.6 Å². The van der Waals surface area contributed by atoms with Crippen molar-refractivity contribution in [2.45, 2.75) is 31.2 Å². The predicted octanol–water partition coefficient (Wildman–Crippen LogP) is 1.84. The molecule has 0 saturated heterocycles. The molecule has 2 N–H and O–H groups in total. The average Bonchev–Trinajstić information content (AvgIpc) is 2.91. The van der Waals surface area contributed by atoms with Gasteiger partial charge in [-0.2, -0.15) is 0 Å². The van der Waals surface area contributed by atoms with Crippen molar-refractivity contribution in [2.24, 2.45) is 0 Å². The van der Waals surface area contributed by atoms with Gasteiger partial charge in [-0.25, -0.2) is 18.1 Å². The largest absolute Gasteiger partial charge is 0.347 e. The molecule has 19 heavy (non-hydrogen) atoms. The maximum atomic E-state index is 12.0. The summed E-state index contributed by atoms with van der Waals surface area (Å²) in [5, 5.41) is 0. The molecule has 1 aromatic heterocycles. The topological polar surface area (TPSA) is 74.8 Å². The highest BCUT2D eigenvalue weighted by Gasteiger charge is 2.13. The summed E-state index contributed by atoms with van der Waals surface area (Å²) < 4.78 is 26.6. The first-order valence-corrected chi connectivity index (χ1v) is 7.67. The number of nitrogens with zero attached hydrogens (tertiary/aromatic N) is 1. The number of benzene rings is 1. The number of aromatic nitrogens is 2. The van der Waals surface area contributed by atoms with Crippen LogP contribution in [0.2, 0.25) is 0 Å². The number of aromatic amines is 1. The second kappa shape index (κ2) is 5.99. The van der Waals surface area contributed by atoms with Gasteiger partial charge in [-0.15, -0.1) is 0 Å². The zero-order valence-electron chi connectivity index (χ0n) is 10.8. The number of hydrogen-bond acceptors (Lipinski definition) is 3.